The number of aromatic nitrogens is 2. The van der Waals surface area contributed by atoms with Crippen molar-refractivity contribution in [3.8, 4) is 0 Å². The van der Waals surface area contributed by atoms with Gasteiger partial charge >= 0.3 is 0 Å². The first-order valence-electron chi connectivity index (χ1n) is 10.4. The van der Waals surface area contributed by atoms with Crippen LogP contribution in [0.1, 0.15) is 5.56 Å². The van der Waals surface area contributed by atoms with Crippen LogP contribution in [0, 0.1) is 5.82 Å². The molecule has 1 aliphatic rings. The van der Waals surface area contributed by atoms with Crippen molar-refractivity contribution < 1.29 is 9.18 Å². The van der Waals surface area contributed by atoms with Gasteiger partial charge in [0, 0.05) is 38.9 Å². The Kier molecular flexibility index (Phi) is 5.03. The number of carbonyl (C=O) groups excluding carboxylic acids is 1. The van der Waals surface area contributed by atoms with E-state index in [0.717, 1.165) is 19.6 Å². The summed E-state index contributed by atoms with van der Waals surface area (Å²) in [6.07, 6.45) is 1.77. The number of halogens is 1. The highest BCUT2D eigenvalue weighted by Gasteiger charge is 2.23. The second kappa shape index (κ2) is 8.00. The van der Waals surface area contributed by atoms with Gasteiger partial charge in [0.15, 0.2) is 0 Å². The number of fused-ring (bicyclic) bond motifs is 3. The average molecular weight is 418 g/mol. The lowest BCUT2D eigenvalue weighted by Crippen LogP contribution is -2.49. The summed E-state index contributed by atoms with van der Waals surface area (Å²) >= 11 is 0. The lowest BCUT2D eigenvalue weighted by Gasteiger charge is -2.35. The molecule has 0 saturated carbocycles. The van der Waals surface area contributed by atoms with Crippen LogP contribution in [0.2, 0.25) is 0 Å². The normalized spacial score (nSPS) is 15.1. The van der Waals surface area contributed by atoms with Crippen LogP contribution in [0.15, 0.2) is 71.7 Å². The number of carbonyl (C=O) groups is 1. The molecule has 0 atom stereocenters. The maximum absolute atomic E-state index is 14.0. The number of hydrogen-bond donors (Lipinski definition) is 0. The summed E-state index contributed by atoms with van der Waals surface area (Å²) in [4.78, 5) is 30.2. The van der Waals surface area contributed by atoms with E-state index in [4.69, 9.17) is 0 Å². The summed E-state index contributed by atoms with van der Waals surface area (Å²) in [6, 6.07) is 18.1. The Labute approximate surface area is 178 Å². The van der Waals surface area contributed by atoms with Crippen molar-refractivity contribution in [1.29, 1.82) is 0 Å². The third-order valence-electron chi connectivity index (χ3n) is 5.97. The standard InChI is InChI=1S/C24H23FN4O2/c25-19-8-9-20-22(15-19)29(24(31)21-7-4-10-28(20)21)17-23(30)27-13-11-26(12-14-27)16-18-5-2-1-3-6-18/h1-10,15H,11-14,16-17H2. The van der Waals surface area contributed by atoms with Gasteiger partial charge in [0.2, 0.25) is 5.91 Å². The Morgan fingerprint density at radius 2 is 1.65 bits per heavy atom. The molecule has 1 aliphatic heterocycles. The number of hydrogen-bond acceptors (Lipinski definition) is 3. The van der Waals surface area contributed by atoms with Gasteiger partial charge in [-0.1, -0.05) is 30.3 Å². The van der Waals surface area contributed by atoms with E-state index in [2.05, 4.69) is 17.0 Å². The highest BCUT2D eigenvalue weighted by atomic mass is 19.1. The van der Waals surface area contributed by atoms with Gasteiger partial charge in [0.25, 0.3) is 5.56 Å². The molecular formula is C24H23FN4O2. The van der Waals surface area contributed by atoms with Crippen LogP contribution in [0.5, 0.6) is 0 Å². The van der Waals surface area contributed by atoms with Crippen molar-refractivity contribution in [1.82, 2.24) is 18.8 Å². The SMILES string of the molecule is O=C(Cn1c(=O)c2cccn2c2ccc(F)cc21)N1CCN(Cc2ccccc2)CC1. The largest absolute Gasteiger partial charge is 0.339 e. The number of nitrogens with zero attached hydrogens (tertiary/aromatic N) is 4. The van der Waals surface area contributed by atoms with Gasteiger partial charge in [0.1, 0.15) is 17.9 Å². The molecule has 0 unspecified atom stereocenters. The molecule has 1 amide bonds. The molecule has 1 fully saturated rings. The second-order valence-electron chi connectivity index (χ2n) is 7.93. The number of rotatable bonds is 4. The first kappa shape index (κ1) is 19.5. The third kappa shape index (κ3) is 3.72. The molecule has 0 radical (unpaired) electrons. The summed E-state index contributed by atoms with van der Waals surface area (Å²) < 4.78 is 17.1. The van der Waals surface area contributed by atoms with Gasteiger partial charge in [-0.15, -0.1) is 0 Å². The Morgan fingerprint density at radius 1 is 0.871 bits per heavy atom. The fourth-order valence-electron chi connectivity index (χ4n) is 4.32. The molecule has 4 aromatic rings. The second-order valence-corrected chi connectivity index (χ2v) is 7.93. The van der Waals surface area contributed by atoms with Crippen molar-refractivity contribution in [2.24, 2.45) is 0 Å². The van der Waals surface area contributed by atoms with E-state index < -0.39 is 5.82 Å². The summed E-state index contributed by atoms with van der Waals surface area (Å²) in [5, 5.41) is 0. The molecule has 7 heteroatoms. The average Bonchev–Trinajstić information content (AvgIpc) is 3.28. The van der Waals surface area contributed by atoms with Gasteiger partial charge < -0.3 is 9.30 Å². The maximum Gasteiger partial charge on any atom is 0.275 e. The Balaban J connectivity index is 1.35. The monoisotopic (exact) mass is 418 g/mol. The minimum atomic E-state index is -0.436. The first-order valence-corrected chi connectivity index (χ1v) is 10.4. The van der Waals surface area contributed by atoms with E-state index in [-0.39, 0.29) is 18.0 Å². The van der Waals surface area contributed by atoms with Gasteiger partial charge in [0.05, 0.1) is 11.0 Å². The zero-order valence-electron chi connectivity index (χ0n) is 17.1. The lowest BCUT2D eigenvalue weighted by molar-refractivity contribution is -0.133. The molecule has 6 nitrogen and oxygen atoms in total. The fraction of sp³-hybridized carbons (Fsp3) is 0.250. The van der Waals surface area contributed by atoms with E-state index in [1.807, 2.05) is 18.2 Å². The van der Waals surface area contributed by atoms with Crippen LogP contribution in [0.3, 0.4) is 0 Å². The lowest BCUT2D eigenvalue weighted by atomic mass is 10.2. The summed E-state index contributed by atoms with van der Waals surface area (Å²) in [5.41, 5.74) is 2.55. The van der Waals surface area contributed by atoms with Crippen molar-refractivity contribution >= 4 is 22.5 Å². The first-order chi connectivity index (χ1) is 15.1. The van der Waals surface area contributed by atoms with E-state index in [9.17, 15) is 14.0 Å². The third-order valence-corrected chi connectivity index (χ3v) is 5.97. The van der Waals surface area contributed by atoms with E-state index in [1.54, 1.807) is 33.7 Å². The zero-order chi connectivity index (χ0) is 21.4. The van der Waals surface area contributed by atoms with Crippen LogP contribution in [0.25, 0.3) is 16.6 Å². The van der Waals surface area contributed by atoms with Gasteiger partial charge in [-0.25, -0.2) is 4.39 Å². The summed E-state index contributed by atoms with van der Waals surface area (Å²) in [7, 11) is 0. The highest BCUT2D eigenvalue weighted by molar-refractivity contribution is 5.82. The zero-order valence-corrected chi connectivity index (χ0v) is 17.1. The smallest absolute Gasteiger partial charge is 0.275 e. The molecule has 0 aliphatic carbocycles. The van der Waals surface area contributed by atoms with Crippen molar-refractivity contribution in [3.63, 3.8) is 0 Å². The molecule has 0 bridgehead atoms. The summed E-state index contributed by atoms with van der Waals surface area (Å²) in [6.45, 7) is 3.54. The highest BCUT2D eigenvalue weighted by Crippen LogP contribution is 2.17. The van der Waals surface area contributed by atoms with Crippen LogP contribution in [-0.4, -0.2) is 50.9 Å². The van der Waals surface area contributed by atoms with E-state index in [1.165, 1.54) is 22.3 Å². The molecule has 2 aromatic carbocycles. The minimum absolute atomic E-state index is 0.0981. The van der Waals surface area contributed by atoms with Crippen LogP contribution < -0.4 is 5.56 Å². The van der Waals surface area contributed by atoms with E-state index >= 15 is 0 Å². The van der Waals surface area contributed by atoms with Crippen LogP contribution in [-0.2, 0) is 17.9 Å². The number of benzene rings is 2. The minimum Gasteiger partial charge on any atom is -0.339 e. The Bertz CT molecular complexity index is 1300. The van der Waals surface area contributed by atoms with Crippen LogP contribution >= 0.6 is 0 Å². The van der Waals surface area contributed by atoms with E-state index in [0.29, 0.717) is 29.6 Å². The molecule has 3 heterocycles. The topological polar surface area (TPSA) is 50.0 Å². The molecule has 1 saturated heterocycles. The molecule has 0 spiro atoms. The van der Waals surface area contributed by atoms with Gasteiger partial charge in [-0.3, -0.25) is 19.1 Å². The molecule has 158 valence electrons. The predicted molar refractivity (Wildman–Crippen MR) is 117 cm³/mol. The quantitative estimate of drug-likeness (QED) is 0.512. The molecular weight excluding hydrogens is 395 g/mol. The predicted octanol–water partition coefficient (Wildman–Crippen LogP) is 2.74. The maximum atomic E-state index is 14.0. The van der Waals surface area contributed by atoms with Gasteiger partial charge in [-0.2, -0.15) is 0 Å². The molecule has 0 N–H and O–H groups in total. The van der Waals surface area contributed by atoms with Crippen molar-refractivity contribution in [2.45, 2.75) is 13.1 Å². The molecule has 31 heavy (non-hydrogen) atoms. The Morgan fingerprint density at radius 3 is 2.42 bits per heavy atom. The Hall–Kier alpha value is -3.45. The fourth-order valence-corrected chi connectivity index (χ4v) is 4.32. The number of amides is 1. The number of piperazine rings is 1. The molecule has 5 rings (SSSR count). The summed E-state index contributed by atoms with van der Waals surface area (Å²) in [5.74, 6) is -0.558. The van der Waals surface area contributed by atoms with Crippen molar-refractivity contribution in [3.05, 3.63) is 88.6 Å². The van der Waals surface area contributed by atoms with Gasteiger partial charge in [-0.05, 0) is 35.9 Å². The molecule has 2 aromatic heterocycles. The van der Waals surface area contributed by atoms with Crippen molar-refractivity contribution in [2.75, 3.05) is 26.2 Å². The van der Waals surface area contributed by atoms with Crippen LogP contribution in [0.4, 0.5) is 4.39 Å².